The highest BCUT2D eigenvalue weighted by atomic mass is 16.7. The van der Waals surface area contributed by atoms with Crippen LogP contribution in [0.1, 0.15) is 37.7 Å². The second-order valence-corrected chi connectivity index (χ2v) is 6.33. The summed E-state index contributed by atoms with van der Waals surface area (Å²) in [4.78, 5) is 40.4. The number of ether oxygens (including phenoxy) is 6. The molecule has 0 radical (unpaired) electrons. The molecule has 0 spiro atoms. The van der Waals surface area contributed by atoms with Crippen molar-refractivity contribution in [3.8, 4) is 11.5 Å². The number of aromatic nitrogens is 1. The molecule has 0 bridgehead atoms. The topological polar surface area (TPSA) is 132 Å². The van der Waals surface area contributed by atoms with Crippen molar-refractivity contribution in [3.05, 3.63) is 18.0 Å². The smallest absolute Gasteiger partial charge is 0.334 e. The molecule has 2 atom stereocenters. The van der Waals surface area contributed by atoms with Crippen LogP contribution in [0.4, 0.5) is 0 Å². The van der Waals surface area contributed by atoms with Gasteiger partial charge in [0, 0.05) is 39.0 Å². The molecule has 1 heterocycles. The van der Waals surface area contributed by atoms with E-state index in [0.717, 1.165) is 0 Å². The molecule has 0 aliphatic carbocycles. The molecule has 0 saturated carbocycles. The molecule has 0 aliphatic rings. The normalized spacial score (nSPS) is 12.4. The van der Waals surface area contributed by atoms with Crippen LogP contribution in [0.15, 0.2) is 12.3 Å². The van der Waals surface area contributed by atoms with E-state index in [1.807, 2.05) is 0 Å². The Morgan fingerprint density at radius 1 is 1.19 bits per heavy atom. The van der Waals surface area contributed by atoms with Crippen molar-refractivity contribution < 1.29 is 42.8 Å². The minimum atomic E-state index is -0.942. The van der Waals surface area contributed by atoms with Crippen molar-refractivity contribution in [2.75, 3.05) is 40.8 Å². The van der Waals surface area contributed by atoms with Crippen molar-refractivity contribution in [1.82, 2.24) is 10.3 Å². The fourth-order valence-corrected chi connectivity index (χ4v) is 2.24. The van der Waals surface area contributed by atoms with Gasteiger partial charge in [0.05, 0.1) is 7.11 Å². The number of carbonyl (C=O) groups excluding carboxylic acids is 3. The summed E-state index contributed by atoms with van der Waals surface area (Å²) < 4.78 is 30.6. The monoisotopic (exact) mass is 442 g/mol. The lowest BCUT2D eigenvalue weighted by Gasteiger charge is -2.18. The summed E-state index contributed by atoms with van der Waals surface area (Å²) >= 11 is 0. The molecule has 1 aromatic rings. The molecule has 1 rings (SSSR count). The average Bonchev–Trinajstić information content (AvgIpc) is 2.75. The van der Waals surface area contributed by atoms with Gasteiger partial charge in [0.15, 0.2) is 17.2 Å². The van der Waals surface area contributed by atoms with Crippen LogP contribution < -0.4 is 14.8 Å². The first-order valence-electron chi connectivity index (χ1n) is 9.73. The molecule has 0 aliphatic heterocycles. The van der Waals surface area contributed by atoms with Crippen molar-refractivity contribution in [2.24, 2.45) is 0 Å². The minimum absolute atomic E-state index is 0.0410. The summed E-state index contributed by atoms with van der Waals surface area (Å²) in [5.74, 6) is -1.77. The lowest BCUT2D eigenvalue weighted by Crippen LogP contribution is -2.41. The van der Waals surface area contributed by atoms with Gasteiger partial charge < -0.3 is 33.7 Å². The first-order chi connectivity index (χ1) is 14.8. The Labute approximate surface area is 181 Å². The third-order valence-electron chi connectivity index (χ3n) is 3.90. The molecule has 31 heavy (non-hydrogen) atoms. The first-order valence-corrected chi connectivity index (χ1v) is 9.73. The zero-order valence-corrected chi connectivity index (χ0v) is 18.5. The third-order valence-corrected chi connectivity index (χ3v) is 3.90. The van der Waals surface area contributed by atoms with E-state index in [9.17, 15) is 14.4 Å². The average molecular weight is 442 g/mol. The van der Waals surface area contributed by atoms with Crippen LogP contribution in [0, 0.1) is 0 Å². The molecule has 11 nitrogen and oxygen atoms in total. The van der Waals surface area contributed by atoms with E-state index in [1.54, 1.807) is 21.0 Å². The number of rotatable bonds is 14. The molecule has 1 N–H and O–H groups in total. The molecule has 174 valence electrons. The number of esters is 2. The molecule has 11 heteroatoms. The zero-order chi connectivity index (χ0) is 23.2. The fourth-order valence-electron chi connectivity index (χ4n) is 2.24. The van der Waals surface area contributed by atoms with Gasteiger partial charge >= 0.3 is 11.9 Å². The number of hydrogen-bond donors (Lipinski definition) is 1. The summed E-state index contributed by atoms with van der Waals surface area (Å²) in [6.45, 7) is 5.06. The highest BCUT2D eigenvalue weighted by Crippen LogP contribution is 2.29. The van der Waals surface area contributed by atoms with Gasteiger partial charge in [-0.05, 0) is 20.8 Å². The van der Waals surface area contributed by atoms with Gasteiger partial charge in [-0.25, -0.2) is 14.6 Å². The molecule has 0 saturated heterocycles. The maximum absolute atomic E-state index is 12.7. The van der Waals surface area contributed by atoms with Crippen molar-refractivity contribution in [2.45, 2.75) is 39.3 Å². The van der Waals surface area contributed by atoms with Crippen LogP contribution in [-0.2, 0) is 28.5 Å². The standard InChI is InChI=1S/C20H30N2O9/c1-6-28-11-16(23)29-12-30-18-15(27-5)7-9-21-17(18)19(24)22-14(3)20(25)31-13(2)8-10-26-4/h7,9,13-14H,6,8,10-12H2,1-5H3,(H,22,24)/t13-,14-/m0/s1. The second-order valence-electron chi connectivity index (χ2n) is 6.33. The summed E-state index contributed by atoms with van der Waals surface area (Å²) in [6, 6.07) is 0.533. The van der Waals surface area contributed by atoms with E-state index in [4.69, 9.17) is 28.4 Å². The SMILES string of the molecule is CCOCC(=O)OCOc1c(OC)ccnc1C(=O)N[C@@H](C)C(=O)O[C@@H](C)CCOC. The summed E-state index contributed by atoms with van der Waals surface area (Å²) in [7, 11) is 2.93. The molecule has 0 unspecified atom stereocenters. The van der Waals surface area contributed by atoms with E-state index in [-0.39, 0.29) is 29.9 Å². The van der Waals surface area contributed by atoms with E-state index >= 15 is 0 Å². The van der Waals surface area contributed by atoms with Crippen LogP contribution in [0.25, 0.3) is 0 Å². The quantitative estimate of drug-likeness (QED) is 0.330. The molecular formula is C20H30N2O9. The lowest BCUT2D eigenvalue weighted by atomic mass is 10.2. The van der Waals surface area contributed by atoms with E-state index in [0.29, 0.717) is 19.6 Å². The van der Waals surface area contributed by atoms with Crippen molar-refractivity contribution in [1.29, 1.82) is 0 Å². The van der Waals surface area contributed by atoms with Gasteiger partial charge in [-0.2, -0.15) is 0 Å². The zero-order valence-electron chi connectivity index (χ0n) is 18.5. The highest BCUT2D eigenvalue weighted by Gasteiger charge is 2.25. The highest BCUT2D eigenvalue weighted by molar-refractivity contribution is 5.98. The van der Waals surface area contributed by atoms with Crippen LogP contribution in [0.2, 0.25) is 0 Å². The maximum Gasteiger partial charge on any atom is 0.334 e. The van der Waals surface area contributed by atoms with Gasteiger partial charge in [-0.3, -0.25) is 4.79 Å². The van der Waals surface area contributed by atoms with E-state index in [2.05, 4.69) is 10.3 Å². The summed E-state index contributed by atoms with van der Waals surface area (Å²) in [6.07, 6.45) is 1.50. The van der Waals surface area contributed by atoms with Crippen molar-refractivity contribution in [3.63, 3.8) is 0 Å². The predicted octanol–water partition coefficient (Wildman–Crippen LogP) is 1.09. The molecular weight excluding hydrogens is 412 g/mol. The Morgan fingerprint density at radius 3 is 2.58 bits per heavy atom. The number of pyridine rings is 1. The summed E-state index contributed by atoms with van der Waals surface area (Å²) in [5, 5.41) is 2.51. The number of amides is 1. The van der Waals surface area contributed by atoms with Crippen LogP contribution in [-0.4, -0.2) is 75.8 Å². The Morgan fingerprint density at radius 2 is 1.94 bits per heavy atom. The Balaban J connectivity index is 2.78. The third kappa shape index (κ3) is 9.18. The largest absolute Gasteiger partial charge is 0.493 e. The van der Waals surface area contributed by atoms with Gasteiger partial charge in [0.1, 0.15) is 18.8 Å². The minimum Gasteiger partial charge on any atom is -0.493 e. The van der Waals surface area contributed by atoms with Gasteiger partial charge in [-0.1, -0.05) is 0 Å². The second kappa shape index (κ2) is 14.1. The number of methoxy groups -OCH3 is 2. The summed E-state index contributed by atoms with van der Waals surface area (Å²) in [5.41, 5.74) is -0.146. The van der Waals surface area contributed by atoms with E-state index < -0.39 is 30.7 Å². The van der Waals surface area contributed by atoms with Gasteiger partial charge in [0.2, 0.25) is 6.79 Å². The molecule has 1 amide bonds. The Hall–Kier alpha value is -2.92. The molecule has 0 fully saturated rings. The van der Waals surface area contributed by atoms with Crippen LogP contribution in [0.3, 0.4) is 0 Å². The number of carbonyl (C=O) groups is 3. The van der Waals surface area contributed by atoms with Gasteiger partial charge in [0.25, 0.3) is 5.91 Å². The Bertz CT molecular complexity index is 727. The van der Waals surface area contributed by atoms with Gasteiger partial charge in [-0.15, -0.1) is 0 Å². The number of nitrogens with zero attached hydrogens (tertiary/aromatic N) is 1. The molecule has 1 aromatic heterocycles. The predicted molar refractivity (Wildman–Crippen MR) is 108 cm³/mol. The van der Waals surface area contributed by atoms with Crippen LogP contribution in [0.5, 0.6) is 11.5 Å². The Kier molecular flexibility index (Phi) is 11.9. The van der Waals surface area contributed by atoms with E-state index in [1.165, 1.54) is 26.3 Å². The number of nitrogens with one attached hydrogen (secondary N) is 1. The maximum atomic E-state index is 12.7. The number of hydrogen-bond acceptors (Lipinski definition) is 10. The van der Waals surface area contributed by atoms with Crippen LogP contribution >= 0.6 is 0 Å². The fraction of sp³-hybridized carbons (Fsp3) is 0.600. The van der Waals surface area contributed by atoms with Crippen molar-refractivity contribution >= 4 is 17.8 Å². The molecule has 0 aromatic carbocycles. The lowest BCUT2D eigenvalue weighted by molar-refractivity contribution is -0.155. The first kappa shape index (κ1) is 26.1.